The predicted molar refractivity (Wildman–Crippen MR) is 92.0 cm³/mol. The van der Waals surface area contributed by atoms with Crippen molar-refractivity contribution in [3.63, 3.8) is 0 Å². The standard InChI is InChI=1S/C18H20N4O5/c1-3-4-15-19-14(21-27-15)9-22-16(23)18(2,20-17(22)24)8-11-5-6-12-13(7-11)26-10-25-12/h5-7H,3-4,8-10H2,1-2H3,(H,20,24). The van der Waals surface area contributed by atoms with Crippen molar-refractivity contribution in [3.05, 3.63) is 35.5 Å². The van der Waals surface area contributed by atoms with Gasteiger partial charge >= 0.3 is 6.03 Å². The molecule has 3 amide bonds. The molecule has 1 unspecified atom stereocenters. The molecule has 1 N–H and O–H groups in total. The third-order valence-electron chi connectivity index (χ3n) is 4.61. The van der Waals surface area contributed by atoms with Crippen LogP contribution in [0.15, 0.2) is 22.7 Å². The number of nitrogens with one attached hydrogen (secondary N) is 1. The van der Waals surface area contributed by atoms with Crippen molar-refractivity contribution >= 4 is 11.9 Å². The summed E-state index contributed by atoms with van der Waals surface area (Å²) in [4.78, 5) is 30.6. The van der Waals surface area contributed by atoms with E-state index in [-0.39, 0.29) is 19.2 Å². The number of aryl methyl sites for hydroxylation is 1. The van der Waals surface area contributed by atoms with Crippen LogP contribution in [-0.2, 0) is 24.2 Å². The number of urea groups is 1. The van der Waals surface area contributed by atoms with Crippen LogP contribution in [0.2, 0.25) is 0 Å². The average molecular weight is 372 g/mol. The van der Waals surface area contributed by atoms with Crippen molar-refractivity contribution in [1.29, 1.82) is 0 Å². The second kappa shape index (κ2) is 6.57. The Bertz CT molecular complexity index is 896. The minimum atomic E-state index is -1.05. The fourth-order valence-electron chi connectivity index (χ4n) is 3.28. The second-order valence-corrected chi connectivity index (χ2v) is 6.87. The molecule has 2 aliphatic heterocycles. The number of rotatable bonds is 6. The largest absolute Gasteiger partial charge is 0.454 e. The van der Waals surface area contributed by atoms with Crippen LogP contribution in [0.1, 0.15) is 37.5 Å². The number of benzene rings is 1. The van der Waals surface area contributed by atoms with Crippen molar-refractivity contribution in [1.82, 2.24) is 20.4 Å². The molecule has 1 aromatic heterocycles. The minimum Gasteiger partial charge on any atom is -0.454 e. The maximum atomic E-state index is 12.9. The van der Waals surface area contributed by atoms with E-state index in [2.05, 4.69) is 15.5 Å². The number of aromatic nitrogens is 2. The molecule has 0 radical (unpaired) electrons. The van der Waals surface area contributed by atoms with Crippen LogP contribution in [0.4, 0.5) is 4.79 Å². The van der Waals surface area contributed by atoms with Crippen LogP contribution in [0.25, 0.3) is 0 Å². The fraction of sp³-hybridized carbons (Fsp3) is 0.444. The molecule has 9 heteroatoms. The number of carbonyl (C=O) groups is 2. The molecule has 27 heavy (non-hydrogen) atoms. The van der Waals surface area contributed by atoms with Crippen LogP contribution in [0.5, 0.6) is 11.5 Å². The lowest BCUT2D eigenvalue weighted by Crippen LogP contribution is -2.45. The van der Waals surface area contributed by atoms with Gasteiger partial charge in [0.1, 0.15) is 5.54 Å². The summed E-state index contributed by atoms with van der Waals surface area (Å²) in [5, 5.41) is 6.63. The van der Waals surface area contributed by atoms with Crippen molar-refractivity contribution in [2.24, 2.45) is 0 Å². The molecule has 1 aromatic carbocycles. The Kier molecular flexibility index (Phi) is 4.21. The van der Waals surface area contributed by atoms with E-state index in [0.717, 1.165) is 16.9 Å². The number of ether oxygens (including phenoxy) is 2. The van der Waals surface area contributed by atoms with Crippen LogP contribution in [-0.4, -0.2) is 39.3 Å². The molecule has 9 nitrogen and oxygen atoms in total. The second-order valence-electron chi connectivity index (χ2n) is 6.87. The highest BCUT2D eigenvalue weighted by Gasteiger charge is 2.48. The summed E-state index contributed by atoms with van der Waals surface area (Å²) < 4.78 is 15.8. The molecule has 1 fully saturated rings. The zero-order valence-electron chi connectivity index (χ0n) is 15.2. The van der Waals surface area contributed by atoms with Gasteiger partial charge in [-0.2, -0.15) is 4.98 Å². The van der Waals surface area contributed by atoms with Crippen LogP contribution in [0.3, 0.4) is 0 Å². The first-order valence-electron chi connectivity index (χ1n) is 8.82. The van der Waals surface area contributed by atoms with E-state index in [4.69, 9.17) is 14.0 Å². The summed E-state index contributed by atoms with van der Waals surface area (Å²) in [6.45, 7) is 3.87. The van der Waals surface area contributed by atoms with Gasteiger partial charge in [-0.1, -0.05) is 18.1 Å². The molecular weight excluding hydrogens is 352 g/mol. The number of fused-ring (bicyclic) bond motifs is 1. The lowest BCUT2D eigenvalue weighted by Gasteiger charge is -2.21. The van der Waals surface area contributed by atoms with E-state index in [1.54, 1.807) is 13.0 Å². The summed E-state index contributed by atoms with van der Waals surface area (Å²) in [6.07, 6.45) is 1.87. The molecule has 142 valence electrons. The van der Waals surface area contributed by atoms with Crippen molar-refractivity contribution in [2.75, 3.05) is 6.79 Å². The fourth-order valence-corrected chi connectivity index (χ4v) is 3.28. The van der Waals surface area contributed by atoms with E-state index in [0.29, 0.717) is 36.1 Å². The van der Waals surface area contributed by atoms with Gasteiger partial charge < -0.3 is 19.3 Å². The van der Waals surface area contributed by atoms with E-state index < -0.39 is 11.6 Å². The first-order valence-corrected chi connectivity index (χ1v) is 8.82. The molecular formula is C18H20N4O5. The Labute approximate surface area is 155 Å². The molecule has 0 bridgehead atoms. The molecule has 0 aliphatic carbocycles. The van der Waals surface area contributed by atoms with Gasteiger partial charge in [0.2, 0.25) is 12.7 Å². The van der Waals surface area contributed by atoms with Crippen LogP contribution < -0.4 is 14.8 Å². The van der Waals surface area contributed by atoms with Crippen molar-refractivity contribution in [2.45, 2.75) is 45.2 Å². The molecule has 0 spiro atoms. The van der Waals surface area contributed by atoms with Gasteiger partial charge in [-0.25, -0.2) is 4.79 Å². The Hall–Kier alpha value is -3.10. The number of hydrogen-bond acceptors (Lipinski definition) is 7. The maximum absolute atomic E-state index is 12.9. The summed E-state index contributed by atoms with van der Waals surface area (Å²) in [7, 11) is 0. The third-order valence-corrected chi connectivity index (χ3v) is 4.61. The molecule has 0 saturated carbocycles. The molecule has 3 heterocycles. The molecule has 4 rings (SSSR count). The Balaban J connectivity index is 1.49. The smallest absolute Gasteiger partial charge is 0.325 e. The van der Waals surface area contributed by atoms with Gasteiger partial charge in [-0.3, -0.25) is 9.69 Å². The number of hydrogen-bond donors (Lipinski definition) is 1. The molecule has 1 saturated heterocycles. The quantitative estimate of drug-likeness (QED) is 0.771. The van der Waals surface area contributed by atoms with E-state index in [1.165, 1.54) is 0 Å². The summed E-state index contributed by atoms with van der Waals surface area (Å²) in [5.41, 5.74) is -0.192. The average Bonchev–Trinajstić information content (AvgIpc) is 3.31. The SMILES string of the molecule is CCCc1nc(CN2C(=O)NC(C)(Cc3ccc4c(c3)OCO4)C2=O)no1. The highest BCUT2D eigenvalue weighted by atomic mass is 16.7. The number of nitrogens with zero attached hydrogens (tertiary/aromatic N) is 3. The predicted octanol–water partition coefficient (Wildman–Crippen LogP) is 1.80. The van der Waals surface area contributed by atoms with Gasteiger partial charge in [-0.05, 0) is 31.0 Å². The third kappa shape index (κ3) is 3.20. The zero-order valence-corrected chi connectivity index (χ0v) is 15.2. The maximum Gasteiger partial charge on any atom is 0.325 e. The summed E-state index contributed by atoms with van der Waals surface area (Å²) in [6, 6.07) is 5.02. The van der Waals surface area contributed by atoms with Crippen molar-refractivity contribution < 1.29 is 23.6 Å². The monoisotopic (exact) mass is 372 g/mol. The van der Waals surface area contributed by atoms with Gasteiger partial charge in [0.15, 0.2) is 17.3 Å². The number of imide groups is 1. The number of amides is 3. The van der Waals surface area contributed by atoms with E-state index in [1.807, 2.05) is 19.1 Å². The highest BCUT2D eigenvalue weighted by Crippen LogP contribution is 2.34. The van der Waals surface area contributed by atoms with Gasteiger partial charge in [-0.15, -0.1) is 0 Å². The lowest BCUT2D eigenvalue weighted by molar-refractivity contribution is -0.131. The minimum absolute atomic E-state index is 0.0192. The number of carbonyl (C=O) groups excluding carboxylic acids is 2. The highest BCUT2D eigenvalue weighted by molar-refractivity contribution is 6.06. The molecule has 2 aromatic rings. The van der Waals surface area contributed by atoms with Crippen LogP contribution >= 0.6 is 0 Å². The van der Waals surface area contributed by atoms with Crippen LogP contribution in [0, 0.1) is 0 Å². The van der Waals surface area contributed by atoms with Gasteiger partial charge in [0, 0.05) is 12.8 Å². The first kappa shape index (κ1) is 17.3. The molecule has 2 aliphatic rings. The Morgan fingerprint density at radius 2 is 2.07 bits per heavy atom. The first-order chi connectivity index (χ1) is 13.0. The summed E-state index contributed by atoms with van der Waals surface area (Å²) >= 11 is 0. The van der Waals surface area contributed by atoms with E-state index in [9.17, 15) is 9.59 Å². The van der Waals surface area contributed by atoms with Gasteiger partial charge in [0.25, 0.3) is 5.91 Å². The Morgan fingerprint density at radius 3 is 2.89 bits per heavy atom. The topological polar surface area (TPSA) is 107 Å². The Morgan fingerprint density at radius 1 is 1.26 bits per heavy atom. The summed E-state index contributed by atoms with van der Waals surface area (Å²) in [5.74, 6) is 1.80. The molecule has 1 atom stereocenters. The zero-order chi connectivity index (χ0) is 19.0. The van der Waals surface area contributed by atoms with Gasteiger partial charge in [0.05, 0.1) is 6.54 Å². The normalized spacial score (nSPS) is 21.0. The van der Waals surface area contributed by atoms with E-state index >= 15 is 0 Å². The van der Waals surface area contributed by atoms with Crippen molar-refractivity contribution in [3.8, 4) is 11.5 Å². The lowest BCUT2D eigenvalue weighted by atomic mass is 9.92.